The zero-order valence-electron chi connectivity index (χ0n) is 11.8. The topological polar surface area (TPSA) is 70.0 Å². The van der Waals surface area contributed by atoms with Gasteiger partial charge in [0.15, 0.2) is 0 Å². The van der Waals surface area contributed by atoms with Crippen LogP contribution in [0.5, 0.6) is 5.75 Å². The van der Waals surface area contributed by atoms with Crippen LogP contribution in [0.2, 0.25) is 15.1 Å². The molecule has 2 aromatic carbocycles. The molecule has 0 saturated heterocycles. The van der Waals surface area contributed by atoms with Gasteiger partial charge in [-0.15, -0.1) is 0 Å². The van der Waals surface area contributed by atoms with Crippen molar-refractivity contribution in [1.82, 2.24) is 0 Å². The highest BCUT2D eigenvalue weighted by atomic mass is 35.5. The van der Waals surface area contributed by atoms with Crippen LogP contribution >= 0.6 is 34.8 Å². The summed E-state index contributed by atoms with van der Waals surface area (Å²) < 4.78 is 5.18. The van der Waals surface area contributed by atoms with Crippen molar-refractivity contribution in [2.24, 2.45) is 0 Å². The Morgan fingerprint density at radius 2 is 1.70 bits per heavy atom. The summed E-state index contributed by atoms with van der Waals surface area (Å²) in [6, 6.07) is 8.87. The van der Waals surface area contributed by atoms with E-state index in [0.29, 0.717) is 10.8 Å². The second-order valence-electron chi connectivity index (χ2n) is 4.58. The number of hydrogen-bond acceptors (Lipinski definition) is 4. The van der Waals surface area contributed by atoms with Gasteiger partial charge in [-0.05, 0) is 36.4 Å². The quantitative estimate of drug-likeness (QED) is 0.811. The van der Waals surface area contributed by atoms with Gasteiger partial charge < -0.3 is 14.8 Å². The Morgan fingerprint density at radius 1 is 1.09 bits per heavy atom. The van der Waals surface area contributed by atoms with Gasteiger partial charge in [-0.25, -0.2) is 4.79 Å². The number of anilines is 1. The molecule has 2 N–H and O–H groups in total. The van der Waals surface area contributed by atoms with Crippen LogP contribution in [0.4, 0.5) is 10.5 Å². The third kappa shape index (κ3) is 4.31. The Bertz CT molecular complexity index is 725. The molecule has 0 unspecified atom stereocenters. The number of benzene rings is 2. The second-order valence-corrected chi connectivity index (χ2v) is 5.83. The van der Waals surface area contributed by atoms with Crippen molar-refractivity contribution in [3.63, 3.8) is 0 Å². The minimum absolute atomic E-state index is 0.0252. The monoisotopic (exact) mass is 373 g/mol. The number of halogens is 3. The molecule has 2 aromatic rings. The Kier molecular flexibility index (Phi) is 5.78. The zero-order valence-corrected chi connectivity index (χ0v) is 14.1. The van der Waals surface area contributed by atoms with Gasteiger partial charge in [-0.3, -0.25) is 4.90 Å². The van der Waals surface area contributed by atoms with Gasteiger partial charge in [0.25, 0.3) is 0 Å². The second kappa shape index (κ2) is 7.42. The van der Waals surface area contributed by atoms with E-state index in [-0.39, 0.29) is 21.2 Å². The van der Waals surface area contributed by atoms with Crippen LogP contribution in [-0.2, 0) is 0 Å². The average molecular weight is 374 g/mol. The molecule has 120 valence electrons. The number of hydrogen-bond donors (Lipinski definition) is 2. The van der Waals surface area contributed by atoms with Crippen LogP contribution in [0, 0.1) is 0 Å². The number of rotatable bonds is 3. The van der Waals surface area contributed by atoms with Crippen molar-refractivity contribution < 1.29 is 19.6 Å². The molecule has 2 rings (SSSR count). The average Bonchev–Trinajstić information content (AvgIpc) is 2.48. The van der Waals surface area contributed by atoms with E-state index >= 15 is 0 Å². The maximum atomic E-state index is 12.2. The number of amides is 1. The predicted molar refractivity (Wildman–Crippen MR) is 92.2 cm³/mol. The standard InChI is InChI=1S/C14H11BCl3NO4/c1-19(14(20)23-9-4-2-8(16)3-5-9)13-6-10(15(21)22)11(17)7-12(13)18/h2-7,21-22H,1H3. The molecule has 9 heteroatoms. The fourth-order valence-corrected chi connectivity index (χ4v) is 2.51. The molecular formula is C14H11BCl3NO4. The Balaban J connectivity index is 2.25. The first kappa shape index (κ1) is 17.9. The van der Waals surface area contributed by atoms with Gasteiger partial charge in [0.2, 0.25) is 0 Å². The van der Waals surface area contributed by atoms with Gasteiger partial charge in [-0.2, -0.15) is 0 Å². The normalized spacial score (nSPS) is 10.3. The van der Waals surface area contributed by atoms with E-state index in [4.69, 9.17) is 39.5 Å². The van der Waals surface area contributed by atoms with Crippen LogP contribution in [-0.4, -0.2) is 30.3 Å². The summed E-state index contributed by atoms with van der Waals surface area (Å²) in [4.78, 5) is 13.3. The number of carbonyl (C=O) groups excluding carboxylic acids is 1. The minimum atomic E-state index is -1.79. The summed E-state index contributed by atoms with van der Waals surface area (Å²) in [7, 11) is -0.361. The lowest BCUT2D eigenvalue weighted by atomic mass is 9.80. The molecule has 0 aliphatic carbocycles. The van der Waals surface area contributed by atoms with Gasteiger partial charge in [0.05, 0.1) is 10.7 Å². The van der Waals surface area contributed by atoms with E-state index in [1.807, 2.05) is 0 Å². The molecule has 0 spiro atoms. The lowest BCUT2D eigenvalue weighted by molar-refractivity contribution is 0.209. The summed E-state index contributed by atoms with van der Waals surface area (Å²) in [5.74, 6) is 0.304. The molecule has 0 bridgehead atoms. The molecule has 0 heterocycles. The fraction of sp³-hybridized carbons (Fsp3) is 0.0714. The molecule has 5 nitrogen and oxygen atoms in total. The first-order valence-corrected chi connectivity index (χ1v) is 7.49. The molecule has 0 aliphatic heterocycles. The summed E-state index contributed by atoms with van der Waals surface area (Å²) in [6.45, 7) is 0. The first-order chi connectivity index (χ1) is 10.8. The molecule has 0 aromatic heterocycles. The van der Waals surface area contributed by atoms with E-state index in [1.54, 1.807) is 24.3 Å². The van der Waals surface area contributed by atoms with Gasteiger partial charge >= 0.3 is 13.2 Å². The van der Waals surface area contributed by atoms with Crippen LogP contribution in [0.15, 0.2) is 36.4 Å². The van der Waals surface area contributed by atoms with Crippen LogP contribution < -0.4 is 15.1 Å². The van der Waals surface area contributed by atoms with E-state index in [9.17, 15) is 14.8 Å². The Hall–Kier alpha value is -1.44. The first-order valence-electron chi connectivity index (χ1n) is 6.35. The summed E-state index contributed by atoms with van der Waals surface area (Å²) >= 11 is 17.7. The van der Waals surface area contributed by atoms with Crippen molar-refractivity contribution in [3.05, 3.63) is 51.5 Å². The molecule has 1 amide bonds. The van der Waals surface area contributed by atoms with Crippen molar-refractivity contribution in [2.45, 2.75) is 0 Å². The van der Waals surface area contributed by atoms with Crippen molar-refractivity contribution >= 4 is 59.2 Å². The molecule has 0 radical (unpaired) electrons. The van der Waals surface area contributed by atoms with Gasteiger partial charge in [-0.1, -0.05) is 34.8 Å². The molecule has 0 aliphatic rings. The molecule has 0 atom stereocenters. The Labute approximate surface area is 148 Å². The highest BCUT2D eigenvalue weighted by Gasteiger charge is 2.22. The third-order valence-electron chi connectivity index (χ3n) is 3.00. The fourth-order valence-electron chi connectivity index (χ4n) is 1.78. The molecular weight excluding hydrogens is 363 g/mol. The largest absolute Gasteiger partial charge is 0.490 e. The summed E-state index contributed by atoms with van der Waals surface area (Å²) in [5, 5.41) is 19.3. The summed E-state index contributed by atoms with van der Waals surface area (Å²) in [5.41, 5.74) is 0.246. The predicted octanol–water partition coefficient (Wildman–Crippen LogP) is 2.96. The van der Waals surface area contributed by atoms with Crippen molar-refractivity contribution in [2.75, 3.05) is 11.9 Å². The zero-order chi connectivity index (χ0) is 17.1. The summed E-state index contributed by atoms with van der Waals surface area (Å²) in [6.07, 6.45) is -0.713. The number of nitrogens with zero attached hydrogens (tertiary/aromatic N) is 1. The van der Waals surface area contributed by atoms with E-state index in [1.165, 1.54) is 19.2 Å². The van der Waals surface area contributed by atoms with E-state index in [2.05, 4.69) is 0 Å². The number of carbonyl (C=O) groups is 1. The lowest BCUT2D eigenvalue weighted by Gasteiger charge is -2.19. The lowest BCUT2D eigenvalue weighted by Crippen LogP contribution is -2.34. The van der Waals surface area contributed by atoms with Crippen LogP contribution in [0.3, 0.4) is 0 Å². The van der Waals surface area contributed by atoms with Crippen molar-refractivity contribution in [1.29, 1.82) is 0 Å². The maximum Gasteiger partial charge on any atom is 0.490 e. The van der Waals surface area contributed by atoms with E-state index < -0.39 is 13.2 Å². The SMILES string of the molecule is CN(C(=O)Oc1ccc(Cl)cc1)c1cc(B(O)O)c(Cl)cc1Cl. The van der Waals surface area contributed by atoms with Crippen LogP contribution in [0.25, 0.3) is 0 Å². The van der Waals surface area contributed by atoms with Crippen molar-refractivity contribution in [3.8, 4) is 5.75 Å². The molecule has 0 fully saturated rings. The highest BCUT2D eigenvalue weighted by molar-refractivity contribution is 6.63. The highest BCUT2D eigenvalue weighted by Crippen LogP contribution is 2.28. The van der Waals surface area contributed by atoms with Gasteiger partial charge in [0, 0.05) is 22.6 Å². The van der Waals surface area contributed by atoms with E-state index in [0.717, 1.165) is 4.90 Å². The Morgan fingerprint density at radius 3 is 2.26 bits per heavy atom. The van der Waals surface area contributed by atoms with Gasteiger partial charge in [0.1, 0.15) is 5.75 Å². The molecule has 0 saturated carbocycles. The minimum Gasteiger partial charge on any atom is -0.423 e. The smallest absolute Gasteiger partial charge is 0.423 e. The third-order valence-corrected chi connectivity index (χ3v) is 3.88. The number of ether oxygens (including phenoxy) is 1. The maximum absolute atomic E-state index is 12.2. The van der Waals surface area contributed by atoms with Crippen LogP contribution in [0.1, 0.15) is 0 Å². The molecule has 23 heavy (non-hydrogen) atoms.